The van der Waals surface area contributed by atoms with Crippen molar-refractivity contribution in [1.29, 1.82) is 0 Å². The SMILES string of the molecule is O=C1CCCCCCCNC(=O)[C@@H]2CCCN2C(=O)CO1. The molecule has 2 aliphatic heterocycles. The summed E-state index contributed by atoms with van der Waals surface area (Å²) >= 11 is 0. The van der Waals surface area contributed by atoms with Crippen LogP contribution in [0.5, 0.6) is 0 Å². The topological polar surface area (TPSA) is 75.7 Å². The molecule has 2 aliphatic rings. The molecule has 0 unspecified atom stereocenters. The van der Waals surface area contributed by atoms with E-state index >= 15 is 0 Å². The fraction of sp³-hybridized carbons (Fsp3) is 0.800. The van der Waals surface area contributed by atoms with Gasteiger partial charge in [-0.15, -0.1) is 0 Å². The minimum Gasteiger partial charge on any atom is -0.456 e. The Hall–Kier alpha value is -1.59. The van der Waals surface area contributed by atoms with E-state index in [1.54, 1.807) is 4.90 Å². The van der Waals surface area contributed by atoms with E-state index in [-0.39, 0.29) is 24.4 Å². The molecule has 6 heteroatoms. The Labute approximate surface area is 125 Å². The van der Waals surface area contributed by atoms with Crippen molar-refractivity contribution < 1.29 is 19.1 Å². The molecular weight excluding hydrogens is 272 g/mol. The highest BCUT2D eigenvalue weighted by Crippen LogP contribution is 2.18. The Bertz CT molecular complexity index is 397. The number of rotatable bonds is 0. The number of nitrogens with one attached hydrogen (secondary N) is 1. The number of nitrogens with zero attached hydrogens (tertiary/aromatic N) is 1. The number of carbonyl (C=O) groups excluding carboxylic acids is 3. The maximum Gasteiger partial charge on any atom is 0.306 e. The Morgan fingerprint density at radius 3 is 2.62 bits per heavy atom. The van der Waals surface area contributed by atoms with E-state index in [0.29, 0.717) is 25.9 Å². The minimum atomic E-state index is -0.402. The zero-order valence-electron chi connectivity index (χ0n) is 12.4. The van der Waals surface area contributed by atoms with Gasteiger partial charge in [0.25, 0.3) is 5.91 Å². The Morgan fingerprint density at radius 1 is 1.00 bits per heavy atom. The highest BCUT2D eigenvalue weighted by molar-refractivity contribution is 5.89. The minimum absolute atomic E-state index is 0.0814. The predicted octanol–water partition coefficient (Wildman–Crippen LogP) is 0.991. The first-order valence-corrected chi connectivity index (χ1v) is 7.91. The molecule has 2 amide bonds. The zero-order valence-corrected chi connectivity index (χ0v) is 12.4. The van der Waals surface area contributed by atoms with Crippen molar-refractivity contribution in [1.82, 2.24) is 10.2 Å². The predicted molar refractivity (Wildman–Crippen MR) is 76.4 cm³/mol. The average molecular weight is 296 g/mol. The van der Waals surface area contributed by atoms with Crippen LogP contribution in [-0.2, 0) is 19.1 Å². The third-order valence-electron chi connectivity index (χ3n) is 4.09. The molecule has 0 spiro atoms. The van der Waals surface area contributed by atoms with Crippen molar-refractivity contribution in [2.45, 2.75) is 57.4 Å². The first-order valence-electron chi connectivity index (χ1n) is 7.91. The molecule has 2 heterocycles. The lowest BCUT2D eigenvalue weighted by Gasteiger charge is -2.23. The van der Waals surface area contributed by atoms with Crippen LogP contribution in [0.25, 0.3) is 0 Å². The molecule has 2 fully saturated rings. The summed E-state index contributed by atoms with van der Waals surface area (Å²) in [6.07, 6.45) is 6.69. The van der Waals surface area contributed by atoms with E-state index in [4.69, 9.17) is 4.74 Å². The highest BCUT2D eigenvalue weighted by atomic mass is 16.5. The van der Waals surface area contributed by atoms with Gasteiger partial charge in [0.2, 0.25) is 5.91 Å². The van der Waals surface area contributed by atoms with E-state index in [2.05, 4.69) is 5.32 Å². The molecular formula is C15H24N2O4. The normalized spacial score (nSPS) is 26.4. The van der Waals surface area contributed by atoms with Gasteiger partial charge in [-0.1, -0.05) is 19.3 Å². The molecule has 2 rings (SSSR count). The molecule has 1 N–H and O–H groups in total. The smallest absolute Gasteiger partial charge is 0.306 e. The van der Waals surface area contributed by atoms with Gasteiger partial charge < -0.3 is 15.0 Å². The molecule has 0 radical (unpaired) electrons. The average Bonchev–Trinajstić information content (AvgIpc) is 2.96. The summed E-state index contributed by atoms with van der Waals surface area (Å²) < 4.78 is 5.01. The monoisotopic (exact) mass is 296 g/mol. The first kappa shape index (κ1) is 15.8. The highest BCUT2D eigenvalue weighted by Gasteiger charge is 2.34. The number of carbonyl (C=O) groups is 3. The lowest BCUT2D eigenvalue weighted by molar-refractivity contribution is -0.153. The lowest BCUT2D eigenvalue weighted by Crippen LogP contribution is -2.47. The molecule has 118 valence electrons. The van der Waals surface area contributed by atoms with Crippen LogP contribution < -0.4 is 5.32 Å². The van der Waals surface area contributed by atoms with Gasteiger partial charge in [0, 0.05) is 19.5 Å². The van der Waals surface area contributed by atoms with E-state index in [1.165, 1.54) is 0 Å². The fourth-order valence-electron chi connectivity index (χ4n) is 2.89. The number of hydrogen-bond acceptors (Lipinski definition) is 4. The van der Waals surface area contributed by atoms with Gasteiger partial charge >= 0.3 is 5.97 Å². The number of hydrogen-bond donors (Lipinski definition) is 1. The van der Waals surface area contributed by atoms with Crippen LogP contribution in [0.4, 0.5) is 0 Å². The van der Waals surface area contributed by atoms with Gasteiger partial charge in [-0.3, -0.25) is 14.4 Å². The van der Waals surface area contributed by atoms with Crippen LogP contribution in [0.2, 0.25) is 0 Å². The second-order valence-electron chi connectivity index (χ2n) is 5.71. The van der Waals surface area contributed by atoms with Crippen LogP contribution in [0.1, 0.15) is 51.4 Å². The number of amides is 2. The van der Waals surface area contributed by atoms with Gasteiger partial charge in [-0.2, -0.15) is 0 Å². The Morgan fingerprint density at radius 2 is 1.76 bits per heavy atom. The molecule has 0 aromatic rings. The van der Waals surface area contributed by atoms with Crippen LogP contribution in [0.15, 0.2) is 0 Å². The molecule has 6 nitrogen and oxygen atoms in total. The summed E-state index contributed by atoms with van der Waals surface area (Å²) in [4.78, 5) is 37.3. The third-order valence-corrected chi connectivity index (χ3v) is 4.09. The molecule has 21 heavy (non-hydrogen) atoms. The molecule has 0 aromatic carbocycles. The first-order chi connectivity index (χ1) is 10.2. The standard InChI is InChI=1S/C15H24N2O4/c18-13-11-21-14(19)8-4-2-1-3-5-9-16-15(20)12-7-6-10-17(12)13/h12H,1-11H2,(H,16,20)/t12-/m0/s1. The van der Waals surface area contributed by atoms with Crippen molar-refractivity contribution in [3.05, 3.63) is 0 Å². The molecule has 2 saturated heterocycles. The van der Waals surface area contributed by atoms with E-state index in [1.807, 2.05) is 0 Å². The van der Waals surface area contributed by atoms with Gasteiger partial charge in [-0.25, -0.2) is 0 Å². The van der Waals surface area contributed by atoms with Crippen LogP contribution >= 0.6 is 0 Å². The summed E-state index contributed by atoms with van der Waals surface area (Å²) in [5.41, 5.74) is 0. The largest absolute Gasteiger partial charge is 0.456 e. The molecule has 0 saturated carbocycles. The summed E-state index contributed by atoms with van der Waals surface area (Å²) in [5.74, 6) is -0.670. The Kier molecular flexibility index (Phi) is 6.02. The van der Waals surface area contributed by atoms with Crippen molar-refractivity contribution in [2.75, 3.05) is 19.7 Å². The van der Waals surface area contributed by atoms with Gasteiger partial charge in [0.15, 0.2) is 6.61 Å². The second kappa shape index (κ2) is 8.00. The second-order valence-corrected chi connectivity index (χ2v) is 5.71. The maximum absolute atomic E-state index is 12.1. The summed E-state index contributed by atoms with van der Waals surface area (Å²) in [6.45, 7) is 0.976. The van der Waals surface area contributed by atoms with Gasteiger partial charge in [-0.05, 0) is 25.7 Å². The summed E-state index contributed by atoms with van der Waals surface area (Å²) in [5, 5.41) is 2.91. The van der Waals surface area contributed by atoms with E-state index in [0.717, 1.165) is 38.5 Å². The van der Waals surface area contributed by atoms with Crippen LogP contribution in [0, 0.1) is 0 Å². The number of cyclic esters (lactones) is 1. The fourth-order valence-corrected chi connectivity index (χ4v) is 2.89. The zero-order chi connectivity index (χ0) is 15.1. The van der Waals surface area contributed by atoms with Crippen LogP contribution in [0.3, 0.4) is 0 Å². The number of esters is 1. The van der Waals surface area contributed by atoms with Crippen molar-refractivity contribution >= 4 is 17.8 Å². The van der Waals surface area contributed by atoms with Crippen LogP contribution in [-0.4, -0.2) is 48.4 Å². The molecule has 0 bridgehead atoms. The lowest BCUT2D eigenvalue weighted by atomic mass is 10.1. The quantitative estimate of drug-likeness (QED) is 0.676. The van der Waals surface area contributed by atoms with Gasteiger partial charge in [0.05, 0.1) is 0 Å². The Balaban J connectivity index is 1.96. The third kappa shape index (κ3) is 4.72. The summed E-state index contributed by atoms with van der Waals surface area (Å²) in [7, 11) is 0. The van der Waals surface area contributed by atoms with Crippen molar-refractivity contribution in [3.8, 4) is 0 Å². The van der Waals surface area contributed by atoms with E-state index < -0.39 is 6.04 Å². The van der Waals surface area contributed by atoms with Crippen molar-refractivity contribution in [2.24, 2.45) is 0 Å². The van der Waals surface area contributed by atoms with Gasteiger partial charge in [0.1, 0.15) is 6.04 Å². The molecule has 1 atom stereocenters. The van der Waals surface area contributed by atoms with E-state index in [9.17, 15) is 14.4 Å². The maximum atomic E-state index is 12.1. The molecule has 0 aromatic heterocycles. The summed E-state index contributed by atoms with van der Waals surface area (Å²) in [6, 6.07) is -0.402. The van der Waals surface area contributed by atoms with Crippen molar-refractivity contribution in [3.63, 3.8) is 0 Å². The molecule has 0 aliphatic carbocycles. The number of ether oxygens (including phenoxy) is 1. The number of fused-ring (bicyclic) bond motifs is 1.